The number of nitrogens with zero attached hydrogens (tertiary/aromatic N) is 8. The van der Waals surface area contributed by atoms with E-state index in [0.29, 0.717) is 111 Å². The number of pyridine rings is 1. The highest BCUT2D eigenvalue weighted by atomic mass is 35.5. The molecule has 13 atom stereocenters. The second-order valence-corrected chi connectivity index (χ2v) is 41.9. The zero-order valence-corrected chi connectivity index (χ0v) is 88.3. The van der Waals surface area contributed by atoms with Gasteiger partial charge in [0.05, 0.1) is 112 Å². The number of nitrogens with one attached hydrogen (secondary N) is 4. The average Bonchev–Trinajstić information content (AvgIpc) is 1.53. The molecule has 37 heteroatoms. The summed E-state index contributed by atoms with van der Waals surface area (Å²) in [4.78, 5) is 132. The Morgan fingerprint density at radius 2 is 1.46 bits per heavy atom. The number of hydrogen-bond donors (Lipinski definition) is 10. The minimum atomic E-state index is -1.95. The van der Waals surface area contributed by atoms with Crippen LogP contribution in [0.1, 0.15) is 198 Å². The Morgan fingerprint density at radius 3 is 2.06 bits per heavy atom. The molecule has 786 valence electrons. The summed E-state index contributed by atoms with van der Waals surface area (Å²) >= 11 is 8.91. The number of likely N-dealkylation sites (tertiary alicyclic amines) is 1. The van der Waals surface area contributed by atoms with Crippen LogP contribution in [0.25, 0.3) is 21.7 Å². The normalized spacial score (nSPS) is 21.8. The minimum Gasteiger partial charge on any atom is -0.507 e. The third-order valence-electron chi connectivity index (χ3n) is 27.6. The molecule has 2 fully saturated rings. The number of aliphatic hydroxyl groups is 3. The average molecular weight is 2070 g/mol. The largest absolute Gasteiger partial charge is 0.507 e. The number of allylic oxidation sites excluding steroid dienone is 2. The van der Waals surface area contributed by atoms with Gasteiger partial charge in [-0.2, -0.15) is 0 Å². The van der Waals surface area contributed by atoms with Crippen molar-refractivity contribution in [1.82, 2.24) is 45.2 Å². The number of carboxylic acids is 1. The SMILES string of the molecule is CC(C)c1nc(CN(C)C(=O)N[C@@H](CCN2CCOCC2)C(=O)N[C@H](CC[C@H](Cc2ccccc2)NC(=O)OCc2cncs2)Cc2ccccc2)cs1.CO[C@H]1/C=C/O[C@@]2(C)Oc3c(C)c(O)c4c(O)c(c5c(c4c3C2=O)NC2(CCN(CC(C)C)CC2)N=5)=NC(=O)/C(C)=C\C=C\[C@H](C)[C@H](O)[C@@H](C)[C@@H](O)[C@@H](C)[C@H](OC(C)=O)[C@@H]1C.COc1cc2c(cc1Cc1cccc(Cl)c1F)c(=O)c(C(=O)O)cn2[C@H](CO)C(C)C. The van der Waals surface area contributed by atoms with Crippen LogP contribution < -0.4 is 46.9 Å². The van der Waals surface area contributed by atoms with Gasteiger partial charge < -0.3 is 99.4 Å². The Hall–Kier alpha value is -12.1. The number of amides is 5. The molecule has 4 bridgehead atoms. The second kappa shape index (κ2) is 51.0. The third kappa shape index (κ3) is 27.8. The number of Topliss-reactive ketones (excluding diaryl/α,β-unsaturated/α-hetero) is 1. The Labute approximate surface area is 863 Å². The number of alkyl carbamates (subject to hydrolysis) is 1. The lowest BCUT2D eigenvalue weighted by Gasteiger charge is -2.38. The molecule has 5 amide bonds. The third-order valence-corrected chi connectivity index (χ3v) is 29.8. The minimum absolute atomic E-state index is 0.0181. The molecule has 3 aromatic heterocycles. The summed E-state index contributed by atoms with van der Waals surface area (Å²) in [6.45, 7) is 31.3. The first-order valence-electron chi connectivity index (χ1n) is 49.6. The first kappa shape index (κ1) is 113. The number of phenols is 2. The van der Waals surface area contributed by atoms with Gasteiger partial charge in [0.15, 0.2) is 5.75 Å². The van der Waals surface area contributed by atoms with Crippen LogP contribution in [0.15, 0.2) is 165 Å². The second-order valence-electron chi connectivity index (χ2n) is 39.6. The van der Waals surface area contributed by atoms with Gasteiger partial charge in [-0.3, -0.25) is 38.8 Å². The number of benzene rings is 6. The maximum absolute atomic E-state index is 14.7. The first-order valence-corrected chi connectivity index (χ1v) is 51.7. The number of carbonyl (C=O) groups excluding carboxylic acids is 6. The molecular weight excluding hydrogens is 1930 g/mol. The summed E-state index contributed by atoms with van der Waals surface area (Å²) in [6, 6.07) is 25.8. The Morgan fingerprint density at radius 1 is 0.788 bits per heavy atom. The van der Waals surface area contributed by atoms with Crippen LogP contribution in [-0.4, -0.2) is 236 Å². The standard InChI is InChI=1S/C46H62N4O11.C40H53N7O5S2.C23H23ClFNO5/c1-22(2)21-50-18-16-46(17-19-50)48-34-31-32-39(54)28(8)42-33(31)43(56)45(10,61-42)59-20-15-30(58-11)25(5)41(60-29(9)51)27(7)38(53)26(6)37(52)23(3)13-12-14-24(4)44(57)47-36(40(32)55)35(34)49-46;1-29(2)38-43-34(27-53-38)25-46(3)39(49)45-36(16-17-47-18-20-51-21-19-47)37(48)42-32(22-30-10-6-4-7-11-30)14-15-33(23-31-12-8-5-9-13-31)44-40(50)52-26-35-24-41-28-54-35;1-12(2)19(11-27)26-10-16(23(29)30)22(28)15-8-14(20(31-3)9-18(15)26)7-13-5-4-6-17(24)21(13)25/h12-15,20,22-23,25-27,30,37-38,41,48,52-55H,16-19,21H2,1-11H3;4-13,24,27-29,32-33,36H,14-23,25-26H2,1-3H3,(H,42,48)(H,44,50)(H,45,49);4-6,8-10,12,19,27H,7,11H2,1-3H3,(H,29,30)/b13-12+,20-15+,24-14-,47-36?;;/t23-,25+,26+,27+,30-,37-,38+,41+,45-;32-,33-,36+;19-/m011/s1. The van der Waals surface area contributed by atoms with Crippen LogP contribution in [0.4, 0.5) is 19.7 Å². The van der Waals surface area contributed by atoms with E-state index in [1.807, 2.05) is 79.9 Å². The number of ketones is 1. The van der Waals surface area contributed by atoms with Gasteiger partial charge in [0, 0.05) is 174 Å². The summed E-state index contributed by atoms with van der Waals surface area (Å²) in [5.41, 5.74) is 4.77. The first-order chi connectivity index (χ1) is 69.5. The number of morpholine rings is 1. The van der Waals surface area contributed by atoms with Gasteiger partial charge in [0.2, 0.25) is 11.3 Å². The van der Waals surface area contributed by atoms with Gasteiger partial charge in [0.25, 0.3) is 11.7 Å². The summed E-state index contributed by atoms with van der Waals surface area (Å²) < 4.78 is 56.6. The molecule has 2 saturated heterocycles. The fourth-order valence-electron chi connectivity index (χ4n) is 19.2. The molecular formula is C109H138ClFN12O21S2. The molecule has 5 aliphatic heterocycles. The van der Waals surface area contributed by atoms with Crippen molar-refractivity contribution in [3.05, 3.63) is 237 Å². The van der Waals surface area contributed by atoms with Crippen molar-refractivity contribution in [1.29, 1.82) is 0 Å². The summed E-state index contributed by atoms with van der Waals surface area (Å²) in [7, 11) is 4.65. The number of rotatable bonds is 30. The predicted octanol–water partition coefficient (Wildman–Crippen LogP) is 15.0. The number of aliphatic hydroxyl groups excluding tert-OH is 3. The number of piperidine rings is 1. The highest BCUT2D eigenvalue weighted by molar-refractivity contribution is 7.10. The summed E-state index contributed by atoms with van der Waals surface area (Å²) in [5.74, 6) is -8.05. The summed E-state index contributed by atoms with van der Waals surface area (Å²) in [6.07, 6.45) is 10.4. The van der Waals surface area contributed by atoms with Crippen molar-refractivity contribution in [2.24, 2.45) is 45.5 Å². The van der Waals surface area contributed by atoms with Gasteiger partial charge in [-0.05, 0) is 98.2 Å². The quantitative estimate of drug-likeness (QED) is 0.0148. The molecule has 0 unspecified atom stereocenters. The molecule has 8 heterocycles. The van der Waals surface area contributed by atoms with E-state index in [9.17, 15) is 73.4 Å². The van der Waals surface area contributed by atoms with E-state index in [4.69, 9.17) is 49.8 Å². The van der Waals surface area contributed by atoms with E-state index in [2.05, 4.69) is 73.7 Å². The maximum Gasteiger partial charge on any atom is 0.407 e. The van der Waals surface area contributed by atoms with Crippen molar-refractivity contribution < 1.29 is 102 Å². The van der Waals surface area contributed by atoms with Gasteiger partial charge in [0.1, 0.15) is 63.8 Å². The van der Waals surface area contributed by atoms with Crippen LogP contribution >= 0.6 is 34.3 Å². The van der Waals surface area contributed by atoms with E-state index in [1.54, 1.807) is 124 Å². The number of aromatic hydroxyl groups is 2. The van der Waals surface area contributed by atoms with Crippen molar-refractivity contribution in [2.75, 3.05) is 85.7 Å². The molecule has 33 nitrogen and oxygen atoms in total. The van der Waals surface area contributed by atoms with E-state index >= 15 is 0 Å². The van der Waals surface area contributed by atoms with Crippen molar-refractivity contribution in [2.45, 2.75) is 227 Å². The zero-order chi connectivity index (χ0) is 106. The lowest BCUT2D eigenvalue weighted by molar-refractivity contribution is -0.160. The van der Waals surface area contributed by atoms with Crippen molar-refractivity contribution in [3.8, 4) is 23.0 Å². The number of aromatic nitrogens is 3. The van der Waals surface area contributed by atoms with Gasteiger partial charge >= 0.3 is 29.9 Å². The number of anilines is 1. The lowest BCUT2D eigenvalue weighted by Crippen LogP contribution is -2.54. The van der Waals surface area contributed by atoms with E-state index in [0.717, 1.165) is 59.4 Å². The maximum atomic E-state index is 14.7. The van der Waals surface area contributed by atoms with Crippen LogP contribution in [0, 0.1) is 48.2 Å². The summed E-state index contributed by atoms with van der Waals surface area (Å²) in [5, 5.41) is 82.6. The number of carbonyl (C=O) groups is 7. The number of carboxylic acid groups (broad SMARTS) is 1. The van der Waals surface area contributed by atoms with E-state index in [-0.39, 0.29) is 110 Å². The molecule has 0 saturated carbocycles. The number of hydrogen-bond acceptors (Lipinski definition) is 28. The zero-order valence-electron chi connectivity index (χ0n) is 85.9. The number of methoxy groups -OCH3 is 2. The molecule has 1 spiro atoms. The van der Waals surface area contributed by atoms with Crippen LogP contribution in [0.5, 0.6) is 23.0 Å². The molecule has 146 heavy (non-hydrogen) atoms. The number of esters is 1. The number of phenolic OH excluding ortho intramolecular Hbond substituents is 2. The van der Waals surface area contributed by atoms with Crippen molar-refractivity contribution in [3.63, 3.8) is 0 Å². The van der Waals surface area contributed by atoms with Crippen LogP contribution in [0.3, 0.4) is 0 Å². The number of ether oxygens (including phenoxy) is 7. The number of urea groups is 1. The van der Waals surface area contributed by atoms with Gasteiger partial charge in [-0.25, -0.2) is 28.8 Å². The number of fused-ring (bicyclic) bond motifs is 2. The molecule has 5 aliphatic rings. The lowest BCUT2D eigenvalue weighted by atomic mass is 9.78. The fourth-order valence-corrected chi connectivity index (χ4v) is 20.7. The number of thiazole rings is 2. The molecule has 6 aromatic carbocycles. The molecule has 0 radical (unpaired) electrons. The van der Waals surface area contributed by atoms with Gasteiger partial charge in [-0.1, -0.05) is 172 Å². The van der Waals surface area contributed by atoms with Crippen molar-refractivity contribution >= 4 is 103 Å². The Kier molecular flexibility index (Phi) is 39.4. The molecule has 14 rings (SSSR count). The van der Waals surface area contributed by atoms with E-state index in [1.165, 1.54) is 64.0 Å². The van der Waals surface area contributed by atoms with Crippen LogP contribution in [-0.2, 0) is 70.5 Å². The topological polar surface area (TPSA) is 436 Å². The monoisotopic (exact) mass is 2070 g/mol. The molecule has 0 aliphatic carbocycles. The fraction of sp³-hybridized carbons (Fsp3) is 0.486. The predicted molar refractivity (Wildman–Crippen MR) is 557 cm³/mol. The number of halogens is 2. The molecule has 10 N–H and O–H groups in total. The van der Waals surface area contributed by atoms with E-state index < -0.39 is 124 Å². The highest BCUT2D eigenvalue weighted by Gasteiger charge is 2.51. The Bertz CT molecular complexity index is 6390. The highest BCUT2D eigenvalue weighted by Crippen LogP contribution is 2.52. The van der Waals surface area contributed by atoms with Gasteiger partial charge in [-0.15, -0.1) is 22.7 Å². The number of aromatic carboxylic acids is 1. The van der Waals surface area contributed by atoms with Crippen LogP contribution in [0.2, 0.25) is 5.02 Å². The molecule has 9 aromatic rings. The Balaban J connectivity index is 0.000000205. The smallest absolute Gasteiger partial charge is 0.407 e.